The van der Waals surface area contributed by atoms with Crippen LogP contribution in [0.1, 0.15) is 88.3 Å². The third kappa shape index (κ3) is 16.9. The molecular weight excluding hydrogens is 994 g/mol. The van der Waals surface area contributed by atoms with Crippen molar-refractivity contribution in [2.24, 2.45) is 12.2 Å². The van der Waals surface area contributed by atoms with Crippen LogP contribution in [0.3, 0.4) is 0 Å². The molecule has 2 atom stereocenters. The molecular formula is C44H60FN9O16S2. The van der Waals surface area contributed by atoms with Crippen LogP contribution in [0.5, 0.6) is 5.75 Å². The molecule has 2 unspecified atom stereocenters. The van der Waals surface area contributed by atoms with Crippen molar-refractivity contribution in [1.82, 2.24) is 25.4 Å². The van der Waals surface area contributed by atoms with E-state index < -0.39 is 99.1 Å². The number of oxime groups is 1. The third-order valence-electron chi connectivity index (χ3n) is 9.29. The molecule has 0 aliphatic carbocycles. The fraction of sp³-hybridized carbons (Fsp3) is 0.523. The molecule has 0 radical (unpaired) electrons. The number of rotatable bonds is 20. The number of thiazole rings is 1. The summed E-state index contributed by atoms with van der Waals surface area (Å²) in [7, 11) is -3.77. The zero-order valence-corrected chi connectivity index (χ0v) is 43.5. The van der Waals surface area contributed by atoms with Crippen LogP contribution < -0.4 is 30.7 Å². The van der Waals surface area contributed by atoms with Crippen LogP contribution >= 0.6 is 11.3 Å². The Kier molecular flexibility index (Phi) is 18.5. The van der Waals surface area contributed by atoms with Crippen LogP contribution in [0.25, 0.3) is 11.1 Å². The number of nitrogens with one attached hydrogen (secondary N) is 4. The zero-order valence-electron chi connectivity index (χ0n) is 41.8. The summed E-state index contributed by atoms with van der Waals surface area (Å²) in [5, 5.41) is 15.5. The third-order valence-corrected chi connectivity index (χ3v) is 10.4. The smallest absolute Gasteiger partial charge is 0.505 e. The van der Waals surface area contributed by atoms with E-state index in [4.69, 9.17) is 28.5 Å². The summed E-state index contributed by atoms with van der Waals surface area (Å²) in [6, 6.07) is 2.23. The summed E-state index contributed by atoms with van der Waals surface area (Å²) in [5.41, 5.74) is -4.98. The van der Waals surface area contributed by atoms with Crippen LogP contribution in [0.15, 0.2) is 47.6 Å². The number of aromatic nitrogens is 3. The van der Waals surface area contributed by atoms with Crippen molar-refractivity contribution in [3.63, 3.8) is 0 Å². The molecule has 1 saturated heterocycles. The van der Waals surface area contributed by atoms with Gasteiger partial charge in [0.15, 0.2) is 10.8 Å². The fourth-order valence-electron chi connectivity index (χ4n) is 6.23. The first kappa shape index (κ1) is 57.7. The summed E-state index contributed by atoms with van der Waals surface area (Å²) in [6.45, 7) is 20.6. The second-order valence-electron chi connectivity index (χ2n) is 19.2. The number of benzene rings is 1. The highest BCUT2D eigenvalue weighted by Gasteiger charge is 2.57. The van der Waals surface area contributed by atoms with Crippen molar-refractivity contribution in [3.8, 4) is 16.9 Å². The van der Waals surface area contributed by atoms with Crippen LogP contribution in [0.2, 0.25) is 0 Å². The van der Waals surface area contributed by atoms with E-state index in [2.05, 4.69) is 42.3 Å². The van der Waals surface area contributed by atoms with Crippen molar-refractivity contribution in [2.45, 2.75) is 124 Å². The molecule has 2 aromatic heterocycles. The number of nitrogens with zero attached hydrogens (tertiary/aromatic N) is 5. The van der Waals surface area contributed by atoms with Crippen molar-refractivity contribution >= 4 is 74.5 Å². The molecule has 1 aliphatic heterocycles. The molecule has 4 rings (SSSR count). The number of hydrogen-bond acceptors (Lipinski definition) is 19. The topological polar surface area (TPSA) is 310 Å². The molecule has 3 aromatic rings. The molecule has 1 aromatic carbocycles. The van der Waals surface area contributed by atoms with Gasteiger partial charge < -0.3 is 43.7 Å². The summed E-state index contributed by atoms with van der Waals surface area (Å²) < 4.78 is 84.6. The summed E-state index contributed by atoms with van der Waals surface area (Å²) in [6.07, 6.45) is -0.761. The number of amides is 5. The number of β-lactam (4-membered cyclic amide) rings is 1. The second kappa shape index (κ2) is 23.1. The van der Waals surface area contributed by atoms with Gasteiger partial charge in [0.05, 0.1) is 23.8 Å². The van der Waals surface area contributed by atoms with Gasteiger partial charge in [-0.1, -0.05) is 17.8 Å². The highest BCUT2D eigenvalue weighted by atomic mass is 32.3. The Hall–Kier alpha value is -6.91. The molecule has 5 amide bonds. The number of ether oxygens (including phenoxy) is 5. The van der Waals surface area contributed by atoms with E-state index in [1.54, 1.807) is 84.9 Å². The van der Waals surface area contributed by atoms with Crippen LogP contribution in [0, 0.1) is 5.82 Å². The minimum atomic E-state index is -5.39. The molecule has 28 heteroatoms. The first-order chi connectivity index (χ1) is 33.2. The number of anilines is 2. The minimum absolute atomic E-state index is 0.00375. The van der Waals surface area contributed by atoms with E-state index in [1.165, 1.54) is 37.4 Å². The Morgan fingerprint density at radius 1 is 0.986 bits per heavy atom. The molecule has 4 N–H and O–H groups in total. The highest BCUT2D eigenvalue weighted by molar-refractivity contribution is 7.80. The maximum atomic E-state index is 16.2. The average molecular weight is 1050 g/mol. The Labute approximate surface area is 419 Å². The van der Waals surface area contributed by atoms with E-state index in [1.807, 2.05) is 0 Å². The van der Waals surface area contributed by atoms with Gasteiger partial charge in [-0.25, -0.2) is 36.9 Å². The van der Waals surface area contributed by atoms with Crippen LogP contribution in [0.4, 0.5) is 29.7 Å². The van der Waals surface area contributed by atoms with Gasteiger partial charge in [-0.15, -0.1) is 11.3 Å². The van der Waals surface area contributed by atoms with Crippen LogP contribution in [-0.4, -0.2) is 124 Å². The molecule has 72 heavy (non-hydrogen) atoms. The highest BCUT2D eigenvalue weighted by Crippen LogP contribution is 2.34. The van der Waals surface area contributed by atoms with Crippen molar-refractivity contribution in [2.75, 3.05) is 30.4 Å². The lowest BCUT2D eigenvalue weighted by atomic mass is 9.84. The SMILES string of the molecule is C=CCOC(=O)Nc1c(-c2ccc(OCC(O/N=C(\C(=O)NC3C(=O)N(OS(=O)(=O)[O-])C3(C)C)c3csc(NC(=O)OC(C)(C)C)n3)C(=O)OC(C)(C)C)cc2F)cn(CCCNC(=O)OC(C)(C)C)[n+]1C. The minimum Gasteiger partial charge on any atom is -0.724 e. The second-order valence-corrected chi connectivity index (χ2v) is 21.1. The fourth-order valence-corrected chi connectivity index (χ4v) is 7.35. The van der Waals surface area contributed by atoms with E-state index in [-0.39, 0.29) is 51.7 Å². The predicted octanol–water partition coefficient (Wildman–Crippen LogP) is 4.58. The van der Waals surface area contributed by atoms with Gasteiger partial charge in [-0.3, -0.25) is 14.9 Å². The molecule has 25 nitrogen and oxygen atoms in total. The summed E-state index contributed by atoms with van der Waals surface area (Å²) >= 11 is 0.828. The number of carbonyl (C=O) groups is 6. The van der Waals surface area contributed by atoms with Gasteiger partial charge in [0, 0.05) is 23.6 Å². The monoisotopic (exact) mass is 1050 g/mol. The number of hydroxylamine groups is 2. The molecule has 1 fully saturated rings. The molecule has 0 spiro atoms. The lowest BCUT2D eigenvalue weighted by Crippen LogP contribution is -2.76. The van der Waals surface area contributed by atoms with E-state index in [0.717, 1.165) is 17.4 Å². The first-order valence-electron chi connectivity index (χ1n) is 21.9. The lowest BCUT2D eigenvalue weighted by molar-refractivity contribution is -0.740. The van der Waals surface area contributed by atoms with Crippen molar-refractivity contribution in [1.29, 1.82) is 0 Å². The number of alkyl carbamates (subject to hydrolysis) is 1. The summed E-state index contributed by atoms with van der Waals surface area (Å²) in [5.74, 6) is -4.15. The molecule has 0 bridgehead atoms. The first-order valence-corrected chi connectivity index (χ1v) is 24.2. The summed E-state index contributed by atoms with van der Waals surface area (Å²) in [4.78, 5) is 87.7. The number of halogens is 1. The molecule has 1 aliphatic rings. The normalized spacial score (nSPS) is 15.3. The molecule has 396 valence electrons. The standard InChI is InChI=1S/C44H60FN9O16S2/c1-14-20-64-39(59)49-33-27(22-53(52(33)13)19-15-18-46-38(58)67-42(5,6)7)26-17-16-25(21-28(26)45)65-23-30(36(57)66-41(2,3)4)69-51-31(29-24-71-37(47-29)50-40(60)68-43(8,9)10)34(55)48-32-35(56)54(44(32,11)12)70-72(61,62)63/h14,16-17,21-22,24,30,32H,1,15,18-20,23H2,2-13H3,(H4,46,47,48,50,55,58,60,61,62,63)/b51-31-. The van der Waals surface area contributed by atoms with Gasteiger partial charge in [-0.05, 0) is 94.7 Å². The van der Waals surface area contributed by atoms with Crippen molar-refractivity contribution in [3.05, 3.63) is 53.9 Å². The zero-order chi connectivity index (χ0) is 54.1. The van der Waals surface area contributed by atoms with Gasteiger partial charge in [-0.2, -0.15) is 24.1 Å². The Morgan fingerprint density at radius 3 is 2.21 bits per heavy atom. The maximum absolute atomic E-state index is 16.2. The Bertz CT molecular complexity index is 2670. The van der Waals surface area contributed by atoms with Crippen molar-refractivity contribution < 1.29 is 83.6 Å². The lowest BCUT2D eigenvalue weighted by Gasteiger charge is -2.51. The van der Waals surface area contributed by atoms with Gasteiger partial charge in [0.1, 0.15) is 60.4 Å². The number of aryl methyl sites for hydroxylation is 1. The number of carbonyl (C=O) groups excluding carboxylic acids is 6. The Balaban J connectivity index is 1.65. The van der Waals surface area contributed by atoms with Gasteiger partial charge in [0.25, 0.3) is 17.9 Å². The number of hydrogen-bond donors (Lipinski definition) is 4. The maximum Gasteiger partial charge on any atom is 0.505 e. The van der Waals surface area contributed by atoms with E-state index >= 15 is 4.39 Å². The van der Waals surface area contributed by atoms with E-state index in [0.29, 0.717) is 13.0 Å². The largest absolute Gasteiger partial charge is 0.724 e. The molecule has 0 saturated carbocycles. The van der Waals surface area contributed by atoms with Gasteiger partial charge in [0.2, 0.25) is 10.4 Å². The van der Waals surface area contributed by atoms with Gasteiger partial charge >= 0.3 is 30.1 Å². The average Bonchev–Trinajstić information content (AvgIpc) is 3.81. The predicted molar refractivity (Wildman–Crippen MR) is 253 cm³/mol. The van der Waals surface area contributed by atoms with Crippen LogP contribution in [-0.2, 0) is 66.4 Å². The Morgan fingerprint density at radius 2 is 1.62 bits per heavy atom. The van der Waals surface area contributed by atoms with E-state index in [9.17, 15) is 41.7 Å². The quantitative estimate of drug-likeness (QED) is 0.0115. The number of esters is 1. The molecule has 3 heterocycles.